The van der Waals surface area contributed by atoms with Crippen LogP contribution in [0.25, 0.3) is 27.7 Å². The van der Waals surface area contributed by atoms with Crippen LogP contribution in [-0.4, -0.2) is 80.3 Å². The molecule has 1 aromatic carbocycles. The summed E-state index contributed by atoms with van der Waals surface area (Å²) in [6.45, 7) is 6.29. The van der Waals surface area contributed by atoms with E-state index in [4.69, 9.17) is 4.74 Å². The van der Waals surface area contributed by atoms with Gasteiger partial charge in [0.2, 0.25) is 11.8 Å². The molecule has 33 heavy (non-hydrogen) atoms. The number of piperidine rings is 1. The van der Waals surface area contributed by atoms with Crippen molar-refractivity contribution in [2.24, 2.45) is 0 Å². The van der Waals surface area contributed by atoms with E-state index in [1.807, 2.05) is 17.6 Å². The average molecular weight is 448 g/mol. The number of benzene rings is 1. The van der Waals surface area contributed by atoms with Gasteiger partial charge in [-0.05, 0) is 55.5 Å². The van der Waals surface area contributed by atoms with Gasteiger partial charge in [0.05, 0.1) is 17.4 Å². The van der Waals surface area contributed by atoms with Crippen molar-refractivity contribution < 1.29 is 9.53 Å². The molecule has 4 heterocycles. The summed E-state index contributed by atoms with van der Waals surface area (Å²) in [6, 6.07) is 6.40. The van der Waals surface area contributed by atoms with Gasteiger partial charge in [0.15, 0.2) is 5.65 Å². The maximum absolute atomic E-state index is 12.0. The summed E-state index contributed by atoms with van der Waals surface area (Å²) in [5.74, 6) is 0.789. The van der Waals surface area contributed by atoms with Gasteiger partial charge in [-0.3, -0.25) is 14.8 Å². The molecule has 5 rings (SSSR count). The molecule has 0 unspecified atom stereocenters. The van der Waals surface area contributed by atoms with Crippen LogP contribution in [0.1, 0.15) is 24.0 Å². The molecule has 0 bridgehead atoms. The molecule has 0 radical (unpaired) electrons. The van der Waals surface area contributed by atoms with Gasteiger partial charge in [0.25, 0.3) is 0 Å². The Morgan fingerprint density at radius 3 is 2.67 bits per heavy atom. The molecule has 1 amide bonds. The smallest absolute Gasteiger partial charge is 0.241 e. The normalized spacial score (nSPS) is 15.4. The van der Waals surface area contributed by atoms with Gasteiger partial charge < -0.3 is 9.64 Å². The van der Waals surface area contributed by atoms with Gasteiger partial charge in [-0.15, -0.1) is 5.10 Å². The summed E-state index contributed by atoms with van der Waals surface area (Å²) in [6.07, 6.45) is 5.42. The van der Waals surface area contributed by atoms with Crippen molar-refractivity contribution >= 4 is 22.5 Å². The molecule has 0 spiro atoms. The van der Waals surface area contributed by atoms with Crippen molar-refractivity contribution in [2.75, 3.05) is 33.7 Å². The van der Waals surface area contributed by atoms with Gasteiger partial charge in [-0.1, -0.05) is 6.07 Å². The lowest BCUT2D eigenvalue weighted by Gasteiger charge is -2.31. The number of nitrogens with zero attached hydrogens (tertiary/aromatic N) is 6. The highest BCUT2D eigenvalue weighted by molar-refractivity contribution is 5.91. The summed E-state index contributed by atoms with van der Waals surface area (Å²) in [4.78, 5) is 20.1. The number of carbonyl (C=O) groups excluding carboxylic acids is 1. The van der Waals surface area contributed by atoms with E-state index in [9.17, 15) is 4.79 Å². The molecule has 4 aromatic rings. The Bertz CT molecular complexity index is 1320. The van der Waals surface area contributed by atoms with Crippen LogP contribution in [0.4, 0.5) is 0 Å². The minimum Gasteiger partial charge on any atom is -0.473 e. The molecule has 1 N–H and O–H groups in total. The van der Waals surface area contributed by atoms with Crippen LogP contribution in [0.15, 0.2) is 30.7 Å². The number of hydrogen-bond donors (Lipinski definition) is 1. The number of aromatic nitrogens is 5. The van der Waals surface area contributed by atoms with E-state index >= 15 is 0 Å². The van der Waals surface area contributed by atoms with Crippen LogP contribution in [0.5, 0.6) is 5.88 Å². The summed E-state index contributed by atoms with van der Waals surface area (Å²) < 4.78 is 8.13. The fourth-order valence-corrected chi connectivity index (χ4v) is 4.51. The van der Waals surface area contributed by atoms with Crippen LogP contribution in [0.2, 0.25) is 0 Å². The molecule has 0 atom stereocenters. The summed E-state index contributed by atoms with van der Waals surface area (Å²) >= 11 is 0. The molecule has 3 aromatic heterocycles. The molecule has 0 saturated carbocycles. The molecular formula is C24H29N7O2. The van der Waals surface area contributed by atoms with Crippen molar-refractivity contribution in [3.8, 4) is 17.0 Å². The first kappa shape index (κ1) is 21.4. The van der Waals surface area contributed by atoms with Gasteiger partial charge >= 0.3 is 0 Å². The SMILES string of the molecule is Cc1cc(-c2cc(C)c3ncnn3c2)cc2[nH]nc(OC3CCN(CC(=O)N(C)C)CC3)c12. The van der Waals surface area contributed by atoms with Crippen molar-refractivity contribution in [2.45, 2.75) is 32.8 Å². The first-order valence-corrected chi connectivity index (χ1v) is 11.3. The van der Waals surface area contributed by atoms with Crippen molar-refractivity contribution in [3.05, 3.63) is 41.9 Å². The van der Waals surface area contributed by atoms with E-state index in [0.29, 0.717) is 12.4 Å². The van der Waals surface area contributed by atoms with Gasteiger partial charge in [0.1, 0.15) is 12.4 Å². The van der Waals surface area contributed by atoms with Crippen LogP contribution in [0.3, 0.4) is 0 Å². The quantitative estimate of drug-likeness (QED) is 0.506. The van der Waals surface area contributed by atoms with E-state index in [1.54, 1.807) is 25.3 Å². The molecule has 9 nitrogen and oxygen atoms in total. The lowest BCUT2D eigenvalue weighted by molar-refractivity contribution is -0.130. The fourth-order valence-electron chi connectivity index (χ4n) is 4.51. The number of aryl methyl sites for hydroxylation is 2. The summed E-state index contributed by atoms with van der Waals surface area (Å²) in [5, 5.41) is 12.9. The van der Waals surface area contributed by atoms with Crippen molar-refractivity contribution in [1.82, 2.24) is 34.6 Å². The minimum atomic E-state index is 0.0960. The number of H-pyrrole nitrogens is 1. The largest absolute Gasteiger partial charge is 0.473 e. The van der Waals surface area contributed by atoms with E-state index in [-0.39, 0.29) is 12.0 Å². The maximum atomic E-state index is 12.0. The molecule has 1 saturated heterocycles. The van der Waals surface area contributed by atoms with E-state index in [2.05, 4.69) is 50.3 Å². The monoisotopic (exact) mass is 447 g/mol. The lowest BCUT2D eigenvalue weighted by Crippen LogP contribution is -2.43. The zero-order chi connectivity index (χ0) is 23.1. The van der Waals surface area contributed by atoms with Crippen molar-refractivity contribution in [1.29, 1.82) is 0 Å². The topological polar surface area (TPSA) is 91.6 Å². The molecule has 1 fully saturated rings. The second-order valence-corrected chi connectivity index (χ2v) is 9.07. The number of pyridine rings is 1. The fraction of sp³-hybridized carbons (Fsp3) is 0.417. The van der Waals surface area contributed by atoms with E-state index < -0.39 is 0 Å². The van der Waals surface area contributed by atoms with Crippen LogP contribution >= 0.6 is 0 Å². The van der Waals surface area contributed by atoms with E-state index in [1.165, 1.54) is 0 Å². The number of aromatic amines is 1. The second-order valence-electron chi connectivity index (χ2n) is 9.07. The predicted octanol–water partition coefficient (Wildman–Crippen LogP) is 2.82. The Labute approximate surface area is 192 Å². The lowest BCUT2D eigenvalue weighted by atomic mass is 10.0. The predicted molar refractivity (Wildman–Crippen MR) is 126 cm³/mol. The third-order valence-electron chi connectivity index (χ3n) is 6.39. The van der Waals surface area contributed by atoms with E-state index in [0.717, 1.165) is 64.7 Å². The average Bonchev–Trinajstić information content (AvgIpc) is 3.42. The zero-order valence-corrected chi connectivity index (χ0v) is 19.5. The van der Waals surface area contributed by atoms with Gasteiger partial charge in [-0.2, -0.15) is 5.10 Å². The summed E-state index contributed by atoms with van der Waals surface area (Å²) in [7, 11) is 3.59. The van der Waals surface area contributed by atoms with Crippen LogP contribution in [-0.2, 0) is 4.79 Å². The second kappa shape index (κ2) is 8.47. The number of fused-ring (bicyclic) bond motifs is 2. The highest BCUT2D eigenvalue weighted by Gasteiger charge is 2.24. The Morgan fingerprint density at radius 1 is 1.15 bits per heavy atom. The molecule has 0 aliphatic carbocycles. The zero-order valence-electron chi connectivity index (χ0n) is 19.5. The number of hydrogen-bond acceptors (Lipinski definition) is 6. The molecule has 9 heteroatoms. The number of rotatable bonds is 5. The Morgan fingerprint density at radius 2 is 1.91 bits per heavy atom. The molecular weight excluding hydrogens is 418 g/mol. The third-order valence-corrected chi connectivity index (χ3v) is 6.39. The number of ether oxygens (including phenoxy) is 1. The van der Waals surface area contributed by atoms with Crippen LogP contribution < -0.4 is 4.74 Å². The summed E-state index contributed by atoms with van der Waals surface area (Å²) in [5.41, 5.74) is 6.17. The van der Waals surface area contributed by atoms with Crippen molar-refractivity contribution in [3.63, 3.8) is 0 Å². The number of nitrogens with one attached hydrogen (secondary N) is 1. The van der Waals surface area contributed by atoms with Gasteiger partial charge in [0, 0.05) is 38.9 Å². The highest BCUT2D eigenvalue weighted by atomic mass is 16.5. The van der Waals surface area contributed by atoms with Crippen LogP contribution in [0, 0.1) is 13.8 Å². The number of carbonyl (C=O) groups is 1. The Hall–Kier alpha value is -3.46. The first-order valence-electron chi connectivity index (χ1n) is 11.3. The minimum absolute atomic E-state index is 0.0960. The maximum Gasteiger partial charge on any atom is 0.241 e. The molecule has 1 aliphatic heterocycles. The Balaban J connectivity index is 1.33. The van der Waals surface area contributed by atoms with Gasteiger partial charge in [-0.25, -0.2) is 9.50 Å². The Kier molecular flexibility index (Phi) is 5.49. The standard InChI is InChI=1S/C24H29N7O2/c1-15-9-17(18-10-16(2)23-25-14-26-31(23)12-18)11-20-22(15)24(28-27-20)33-19-5-7-30(8-6-19)13-21(32)29(3)4/h9-12,14,19H,5-8,13H2,1-4H3,(H,27,28). The third kappa shape index (κ3) is 4.16. The number of likely N-dealkylation sites (N-methyl/N-ethyl adjacent to an activating group) is 1. The number of likely N-dealkylation sites (tertiary alicyclic amines) is 1. The highest BCUT2D eigenvalue weighted by Crippen LogP contribution is 2.33. The molecule has 172 valence electrons. The molecule has 1 aliphatic rings. The number of amides is 1. The first-order chi connectivity index (χ1) is 15.9.